The van der Waals surface area contributed by atoms with E-state index >= 15 is 0 Å². The van der Waals surface area contributed by atoms with E-state index in [2.05, 4.69) is 10.3 Å². The standard InChI is InChI=1S/C19H19N3O4S2/c1-9-12(17(25)26-4)27-18(20-9)21-14(23)13-19(2,3)28-16-11-8-6-5-7-10(11)15(24)22(13)16/h5-8,13,16H,1-4H3,(H,20,21,23)/t13-,16-/m0/s1. The van der Waals surface area contributed by atoms with Gasteiger partial charge in [-0.05, 0) is 32.4 Å². The number of thiazole rings is 1. The molecule has 2 aliphatic heterocycles. The lowest BCUT2D eigenvalue weighted by Gasteiger charge is -2.29. The van der Waals surface area contributed by atoms with Gasteiger partial charge in [0, 0.05) is 10.3 Å². The van der Waals surface area contributed by atoms with Gasteiger partial charge in [-0.3, -0.25) is 9.59 Å². The Kier molecular flexibility index (Phi) is 4.46. The Bertz CT molecular complexity index is 1000. The number of aromatic nitrogens is 1. The first-order valence-corrected chi connectivity index (χ1v) is 10.4. The Morgan fingerprint density at radius 2 is 2.00 bits per heavy atom. The minimum Gasteiger partial charge on any atom is -0.465 e. The van der Waals surface area contributed by atoms with Crippen LogP contribution in [0.3, 0.4) is 0 Å². The van der Waals surface area contributed by atoms with Crippen molar-refractivity contribution in [2.75, 3.05) is 12.4 Å². The molecule has 0 aliphatic carbocycles. The van der Waals surface area contributed by atoms with Crippen LogP contribution in [-0.2, 0) is 9.53 Å². The molecule has 4 rings (SSSR count). The summed E-state index contributed by atoms with van der Waals surface area (Å²) in [6.45, 7) is 5.61. The molecular formula is C19H19N3O4S2. The molecule has 1 N–H and O–H groups in total. The molecule has 2 atom stereocenters. The molecule has 1 aromatic heterocycles. The molecule has 0 saturated carbocycles. The first-order valence-electron chi connectivity index (χ1n) is 8.70. The average Bonchev–Trinajstić information content (AvgIpc) is 3.24. The number of rotatable bonds is 3. The second-order valence-corrected chi connectivity index (χ2v) is 9.92. The zero-order valence-electron chi connectivity index (χ0n) is 15.8. The van der Waals surface area contributed by atoms with Crippen molar-refractivity contribution >= 4 is 46.0 Å². The van der Waals surface area contributed by atoms with Gasteiger partial charge in [-0.15, -0.1) is 11.8 Å². The Morgan fingerprint density at radius 3 is 2.71 bits per heavy atom. The van der Waals surface area contributed by atoms with Crippen molar-refractivity contribution in [2.45, 2.75) is 36.9 Å². The van der Waals surface area contributed by atoms with Crippen molar-refractivity contribution in [3.05, 3.63) is 46.0 Å². The van der Waals surface area contributed by atoms with Crippen LogP contribution >= 0.6 is 23.1 Å². The van der Waals surface area contributed by atoms with Crippen LogP contribution in [0, 0.1) is 6.92 Å². The maximum Gasteiger partial charge on any atom is 0.350 e. The van der Waals surface area contributed by atoms with E-state index in [0.717, 1.165) is 16.9 Å². The second-order valence-electron chi connectivity index (χ2n) is 7.19. The van der Waals surface area contributed by atoms with E-state index in [-0.39, 0.29) is 17.2 Å². The highest BCUT2D eigenvalue weighted by Crippen LogP contribution is 2.56. The van der Waals surface area contributed by atoms with E-state index in [1.807, 2.05) is 32.0 Å². The number of anilines is 1. The third-order valence-electron chi connectivity index (χ3n) is 4.94. The third-order valence-corrected chi connectivity index (χ3v) is 7.53. The topological polar surface area (TPSA) is 88.6 Å². The Balaban J connectivity index is 1.63. The number of benzene rings is 1. The molecule has 7 nitrogen and oxygen atoms in total. The maximum atomic E-state index is 13.2. The van der Waals surface area contributed by atoms with Gasteiger partial charge in [-0.2, -0.15) is 0 Å². The van der Waals surface area contributed by atoms with E-state index in [0.29, 0.717) is 21.3 Å². The van der Waals surface area contributed by atoms with Crippen LogP contribution < -0.4 is 5.32 Å². The number of carbonyl (C=O) groups excluding carboxylic acids is 3. The number of thioether (sulfide) groups is 1. The molecule has 1 fully saturated rings. The lowest BCUT2D eigenvalue weighted by Crippen LogP contribution is -2.50. The summed E-state index contributed by atoms with van der Waals surface area (Å²) in [6.07, 6.45) is 0. The van der Waals surface area contributed by atoms with Gasteiger partial charge in [0.1, 0.15) is 16.3 Å². The lowest BCUT2D eigenvalue weighted by atomic mass is 10.0. The molecule has 2 aliphatic rings. The number of nitrogens with zero attached hydrogens (tertiary/aromatic N) is 2. The molecule has 9 heteroatoms. The molecule has 2 amide bonds. The van der Waals surface area contributed by atoms with Crippen LogP contribution in [0.15, 0.2) is 24.3 Å². The van der Waals surface area contributed by atoms with Gasteiger partial charge in [-0.25, -0.2) is 9.78 Å². The summed E-state index contributed by atoms with van der Waals surface area (Å²) in [6, 6.07) is 6.81. The highest BCUT2D eigenvalue weighted by molar-refractivity contribution is 8.01. The van der Waals surface area contributed by atoms with Gasteiger partial charge in [-0.1, -0.05) is 29.5 Å². The van der Waals surface area contributed by atoms with Crippen molar-refractivity contribution in [1.82, 2.24) is 9.88 Å². The number of ether oxygens (including phenoxy) is 1. The van der Waals surface area contributed by atoms with E-state index in [1.165, 1.54) is 7.11 Å². The van der Waals surface area contributed by atoms with Crippen molar-refractivity contribution in [3.8, 4) is 0 Å². The third kappa shape index (κ3) is 2.80. The molecule has 3 heterocycles. The van der Waals surface area contributed by atoms with Gasteiger partial charge < -0.3 is 15.0 Å². The molecule has 0 unspecified atom stereocenters. The number of fused-ring (bicyclic) bond motifs is 3. The monoisotopic (exact) mass is 417 g/mol. The summed E-state index contributed by atoms with van der Waals surface area (Å²) in [5.41, 5.74) is 2.08. The molecule has 0 spiro atoms. The molecule has 2 aromatic rings. The molecule has 28 heavy (non-hydrogen) atoms. The Hall–Kier alpha value is -2.39. The number of methoxy groups -OCH3 is 1. The highest BCUT2D eigenvalue weighted by atomic mass is 32.2. The van der Waals surface area contributed by atoms with Gasteiger partial charge in [0.25, 0.3) is 5.91 Å². The first-order chi connectivity index (χ1) is 13.2. The predicted octanol–water partition coefficient (Wildman–Crippen LogP) is 3.23. The fraction of sp³-hybridized carbons (Fsp3) is 0.368. The predicted molar refractivity (Wildman–Crippen MR) is 108 cm³/mol. The van der Waals surface area contributed by atoms with Crippen molar-refractivity contribution in [3.63, 3.8) is 0 Å². The summed E-state index contributed by atoms with van der Waals surface area (Å²) in [7, 11) is 1.30. The van der Waals surface area contributed by atoms with Crippen molar-refractivity contribution in [2.24, 2.45) is 0 Å². The first kappa shape index (κ1) is 18.9. The smallest absolute Gasteiger partial charge is 0.350 e. The summed E-state index contributed by atoms with van der Waals surface area (Å²) < 4.78 is 4.26. The van der Waals surface area contributed by atoms with Crippen LogP contribution in [0.1, 0.15) is 50.5 Å². The molecule has 146 valence electrons. The number of hydrogen-bond donors (Lipinski definition) is 1. The number of aryl methyl sites for hydroxylation is 1. The summed E-state index contributed by atoms with van der Waals surface area (Å²) in [5.74, 6) is -0.937. The minimum atomic E-state index is -0.659. The van der Waals surface area contributed by atoms with Crippen LogP contribution in [0.4, 0.5) is 5.13 Å². The SMILES string of the molecule is COC(=O)c1sc(NC(=O)[C@@H]2N3C(=O)c4ccccc4[C@@H]3SC2(C)C)nc1C. The van der Waals surface area contributed by atoms with Crippen LogP contribution in [0.25, 0.3) is 0 Å². The zero-order valence-corrected chi connectivity index (χ0v) is 17.4. The molecule has 1 aromatic carbocycles. The van der Waals surface area contributed by atoms with Crippen LogP contribution in [0.2, 0.25) is 0 Å². The van der Waals surface area contributed by atoms with E-state index in [4.69, 9.17) is 4.74 Å². The normalized spacial score (nSPS) is 22.0. The summed E-state index contributed by atoms with van der Waals surface area (Å²) >= 11 is 2.67. The van der Waals surface area contributed by atoms with Crippen molar-refractivity contribution in [1.29, 1.82) is 0 Å². The number of carbonyl (C=O) groups is 3. The summed E-state index contributed by atoms with van der Waals surface area (Å²) in [5, 5.41) is 2.93. The number of hydrogen-bond acceptors (Lipinski definition) is 7. The Labute approximate surface area is 170 Å². The second kappa shape index (κ2) is 6.59. The van der Waals surface area contributed by atoms with E-state index < -0.39 is 16.8 Å². The lowest BCUT2D eigenvalue weighted by molar-refractivity contribution is -0.121. The zero-order chi connectivity index (χ0) is 20.2. The highest BCUT2D eigenvalue weighted by Gasteiger charge is 2.57. The van der Waals surface area contributed by atoms with Crippen LogP contribution in [-0.4, -0.2) is 45.6 Å². The number of esters is 1. The minimum absolute atomic E-state index is 0.135. The Morgan fingerprint density at radius 1 is 1.29 bits per heavy atom. The van der Waals surface area contributed by atoms with Gasteiger partial charge in [0.2, 0.25) is 5.91 Å². The average molecular weight is 418 g/mol. The largest absolute Gasteiger partial charge is 0.465 e. The maximum absolute atomic E-state index is 13.2. The fourth-order valence-electron chi connectivity index (χ4n) is 3.71. The molecule has 1 saturated heterocycles. The quantitative estimate of drug-likeness (QED) is 0.772. The fourth-order valence-corrected chi connectivity index (χ4v) is 6.19. The van der Waals surface area contributed by atoms with E-state index in [1.54, 1.807) is 29.7 Å². The number of amides is 2. The van der Waals surface area contributed by atoms with Crippen LogP contribution in [0.5, 0.6) is 0 Å². The van der Waals surface area contributed by atoms with E-state index in [9.17, 15) is 14.4 Å². The molecule has 0 bridgehead atoms. The molecule has 0 radical (unpaired) electrons. The van der Waals surface area contributed by atoms with Gasteiger partial charge in [0.05, 0.1) is 12.8 Å². The van der Waals surface area contributed by atoms with Crippen molar-refractivity contribution < 1.29 is 19.1 Å². The summed E-state index contributed by atoms with van der Waals surface area (Å²) in [4.78, 5) is 44.2. The molecular weight excluding hydrogens is 398 g/mol. The van der Waals surface area contributed by atoms with Gasteiger partial charge in [0.15, 0.2) is 5.13 Å². The number of nitrogens with one attached hydrogen (secondary N) is 1. The van der Waals surface area contributed by atoms with Gasteiger partial charge >= 0.3 is 5.97 Å².